The largest absolute Gasteiger partial charge is 0.377 e. The molecule has 0 aliphatic carbocycles. The monoisotopic (exact) mass is 506 g/mol. The summed E-state index contributed by atoms with van der Waals surface area (Å²) in [6.45, 7) is 10.6. The number of thiophene rings is 1. The highest BCUT2D eigenvalue weighted by molar-refractivity contribution is 7.09. The van der Waals surface area contributed by atoms with Crippen LogP contribution >= 0.6 is 11.3 Å². The van der Waals surface area contributed by atoms with Gasteiger partial charge in [0, 0.05) is 35.7 Å². The van der Waals surface area contributed by atoms with Crippen molar-refractivity contribution >= 4 is 22.2 Å². The lowest BCUT2D eigenvalue weighted by Gasteiger charge is -2.34. The first kappa shape index (κ1) is 24.8. The number of ether oxygens (including phenoxy) is 1. The molecule has 190 valence electrons. The number of nitrogens with one attached hydrogen (secondary N) is 1. The Balaban J connectivity index is 1.70. The molecule has 3 aromatic heterocycles. The van der Waals surface area contributed by atoms with Gasteiger partial charge in [0.1, 0.15) is 6.04 Å². The average Bonchev–Trinajstić information content (AvgIpc) is 3.63. The van der Waals surface area contributed by atoms with Crippen LogP contribution < -0.4 is 5.56 Å². The zero-order valence-electron chi connectivity index (χ0n) is 21.4. The second kappa shape index (κ2) is 10.2. The van der Waals surface area contributed by atoms with Gasteiger partial charge in [-0.05, 0) is 85.5 Å². The Morgan fingerprint density at radius 3 is 2.89 bits per heavy atom. The number of pyridine rings is 1. The summed E-state index contributed by atoms with van der Waals surface area (Å²) in [6.07, 6.45) is 3.02. The number of tetrazole rings is 1. The molecule has 0 saturated carbocycles. The first-order valence-corrected chi connectivity index (χ1v) is 13.5. The van der Waals surface area contributed by atoms with E-state index in [1.54, 1.807) is 11.3 Å². The smallest absolute Gasteiger partial charge is 0.253 e. The number of aromatic nitrogens is 5. The minimum absolute atomic E-state index is 0.109. The maximum Gasteiger partial charge on any atom is 0.253 e. The minimum Gasteiger partial charge on any atom is -0.377 e. The Hall–Kier alpha value is -2.88. The van der Waals surface area contributed by atoms with E-state index >= 15 is 0 Å². The molecule has 0 radical (unpaired) electrons. The molecule has 5 rings (SSSR count). The fraction of sp³-hybridized carbons (Fsp3) is 0.481. The third-order valence-corrected chi connectivity index (χ3v) is 8.13. The predicted molar refractivity (Wildman–Crippen MR) is 142 cm³/mol. The number of benzene rings is 1. The molecule has 2 atom stereocenters. The summed E-state index contributed by atoms with van der Waals surface area (Å²) in [4.78, 5) is 20.3. The van der Waals surface area contributed by atoms with Crippen molar-refractivity contribution in [2.24, 2.45) is 0 Å². The van der Waals surface area contributed by atoms with Crippen molar-refractivity contribution in [2.45, 2.75) is 71.2 Å². The summed E-state index contributed by atoms with van der Waals surface area (Å²) >= 11 is 1.72. The summed E-state index contributed by atoms with van der Waals surface area (Å²) in [5, 5.41) is 16.1. The second-order valence-electron chi connectivity index (χ2n) is 10.3. The molecule has 4 aromatic rings. The SMILES string of the molecule is CCC(C)(C)n1nnnc1C(c1cc2cc(C)ccc2[nH]c1=O)N(Cc1cccs1)CC1CCCO1. The number of fused-ring (bicyclic) bond motifs is 1. The lowest BCUT2D eigenvalue weighted by molar-refractivity contribution is 0.0566. The highest BCUT2D eigenvalue weighted by Gasteiger charge is 2.36. The summed E-state index contributed by atoms with van der Waals surface area (Å²) in [5.41, 5.74) is 2.18. The summed E-state index contributed by atoms with van der Waals surface area (Å²) < 4.78 is 7.96. The highest BCUT2D eigenvalue weighted by Crippen LogP contribution is 2.33. The molecule has 9 heteroatoms. The van der Waals surface area contributed by atoms with E-state index in [-0.39, 0.29) is 17.2 Å². The number of nitrogens with zero attached hydrogens (tertiary/aromatic N) is 5. The molecular weight excluding hydrogens is 472 g/mol. The van der Waals surface area contributed by atoms with E-state index in [1.165, 1.54) is 4.88 Å². The van der Waals surface area contributed by atoms with Crippen molar-refractivity contribution in [1.82, 2.24) is 30.1 Å². The summed E-state index contributed by atoms with van der Waals surface area (Å²) in [6, 6.07) is 11.9. The van der Waals surface area contributed by atoms with Crippen LogP contribution in [0.5, 0.6) is 0 Å². The predicted octanol–water partition coefficient (Wildman–Crippen LogP) is 4.80. The third kappa shape index (κ3) is 5.00. The van der Waals surface area contributed by atoms with E-state index in [2.05, 4.69) is 76.7 Å². The first-order chi connectivity index (χ1) is 17.4. The zero-order valence-corrected chi connectivity index (χ0v) is 22.2. The van der Waals surface area contributed by atoms with Crippen LogP contribution in [0.3, 0.4) is 0 Å². The molecule has 1 fully saturated rings. The number of hydrogen-bond donors (Lipinski definition) is 1. The van der Waals surface area contributed by atoms with Gasteiger partial charge in [-0.2, -0.15) is 0 Å². The lowest BCUT2D eigenvalue weighted by atomic mass is 9.98. The van der Waals surface area contributed by atoms with Gasteiger partial charge >= 0.3 is 0 Å². The molecular formula is C27H34N6O2S. The van der Waals surface area contributed by atoms with Crippen molar-refractivity contribution < 1.29 is 4.74 Å². The standard InChI is InChI=1S/C27H34N6O2S/c1-5-27(3,4)33-25(29-30-31-33)24(22-15-19-14-18(2)10-11-23(19)28-26(22)34)32(16-20-8-6-12-35-20)17-21-9-7-13-36-21/h7,9-11,13-15,20,24H,5-6,8,12,16-17H2,1-4H3,(H,28,34). The van der Waals surface area contributed by atoms with Crippen LogP contribution in [0.2, 0.25) is 0 Å². The first-order valence-electron chi connectivity index (χ1n) is 12.7. The van der Waals surface area contributed by atoms with E-state index in [4.69, 9.17) is 4.74 Å². The van der Waals surface area contributed by atoms with Gasteiger partial charge in [0.25, 0.3) is 5.56 Å². The molecule has 1 N–H and O–H groups in total. The maximum absolute atomic E-state index is 13.6. The van der Waals surface area contributed by atoms with Gasteiger partial charge in [0.05, 0.1) is 11.6 Å². The maximum atomic E-state index is 13.6. The van der Waals surface area contributed by atoms with Gasteiger partial charge < -0.3 is 9.72 Å². The Bertz CT molecular complexity index is 1370. The van der Waals surface area contributed by atoms with Crippen molar-refractivity contribution in [2.75, 3.05) is 13.2 Å². The van der Waals surface area contributed by atoms with E-state index in [9.17, 15) is 4.79 Å². The average molecular weight is 507 g/mol. The van der Waals surface area contributed by atoms with Gasteiger partial charge in [-0.15, -0.1) is 16.4 Å². The van der Waals surface area contributed by atoms with Crippen LogP contribution in [0.15, 0.2) is 46.6 Å². The molecule has 0 spiro atoms. The van der Waals surface area contributed by atoms with Crippen LogP contribution in [0, 0.1) is 6.92 Å². The normalized spacial score (nSPS) is 17.3. The molecule has 1 aliphatic heterocycles. The Labute approximate surface area is 215 Å². The van der Waals surface area contributed by atoms with Crippen LogP contribution in [0.1, 0.15) is 67.9 Å². The van der Waals surface area contributed by atoms with Gasteiger partial charge in [0.2, 0.25) is 0 Å². The fourth-order valence-corrected chi connectivity index (χ4v) is 5.63. The molecule has 0 bridgehead atoms. The van der Waals surface area contributed by atoms with Crippen LogP contribution in [-0.4, -0.2) is 49.3 Å². The van der Waals surface area contributed by atoms with Crippen molar-refractivity contribution in [3.05, 3.63) is 74.0 Å². The summed E-state index contributed by atoms with van der Waals surface area (Å²) in [7, 11) is 0. The Morgan fingerprint density at radius 1 is 1.31 bits per heavy atom. The summed E-state index contributed by atoms with van der Waals surface area (Å²) in [5.74, 6) is 0.675. The molecule has 2 unspecified atom stereocenters. The van der Waals surface area contributed by atoms with Crippen LogP contribution in [0.25, 0.3) is 10.9 Å². The fourth-order valence-electron chi connectivity index (χ4n) is 4.90. The van der Waals surface area contributed by atoms with Gasteiger partial charge in [-0.1, -0.05) is 24.6 Å². The zero-order chi connectivity index (χ0) is 25.3. The number of hydrogen-bond acceptors (Lipinski definition) is 7. The third-order valence-electron chi connectivity index (χ3n) is 7.27. The number of aryl methyl sites for hydroxylation is 1. The topological polar surface area (TPSA) is 88.9 Å². The number of aromatic amines is 1. The van der Waals surface area contributed by atoms with Crippen molar-refractivity contribution in [1.29, 1.82) is 0 Å². The molecule has 4 heterocycles. The van der Waals surface area contributed by atoms with E-state index in [0.29, 0.717) is 24.5 Å². The quantitative estimate of drug-likeness (QED) is 0.351. The van der Waals surface area contributed by atoms with Crippen molar-refractivity contribution in [3.8, 4) is 0 Å². The molecule has 1 saturated heterocycles. The Morgan fingerprint density at radius 2 is 2.17 bits per heavy atom. The van der Waals surface area contributed by atoms with Crippen LogP contribution in [0.4, 0.5) is 0 Å². The molecule has 8 nitrogen and oxygen atoms in total. The van der Waals surface area contributed by atoms with E-state index in [1.807, 2.05) is 22.9 Å². The van der Waals surface area contributed by atoms with Gasteiger partial charge in [-0.25, -0.2) is 4.68 Å². The molecule has 36 heavy (non-hydrogen) atoms. The second-order valence-corrected chi connectivity index (χ2v) is 11.3. The van der Waals surface area contributed by atoms with Crippen LogP contribution in [-0.2, 0) is 16.8 Å². The van der Waals surface area contributed by atoms with Gasteiger partial charge in [-0.3, -0.25) is 9.69 Å². The molecule has 1 aliphatic rings. The highest BCUT2D eigenvalue weighted by atomic mass is 32.1. The molecule has 0 amide bonds. The van der Waals surface area contributed by atoms with Crippen molar-refractivity contribution in [3.63, 3.8) is 0 Å². The lowest BCUT2D eigenvalue weighted by Crippen LogP contribution is -2.41. The van der Waals surface area contributed by atoms with Gasteiger partial charge in [0.15, 0.2) is 5.82 Å². The van der Waals surface area contributed by atoms with E-state index < -0.39 is 6.04 Å². The number of H-pyrrole nitrogens is 1. The Kier molecular flexibility index (Phi) is 7.05. The minimum atomic E-state index is -0.439. The molecule has 1 aromatic carbocycles. The number of rotatable bonds is 9. The van der Waals surface area contributed by atoms with E-state index in [0.717, 1.165) is 42.3 Å².